The molecule has 3 aromatic heterocycles. The van der Waals surface area contributed by atoms with Crippen LogP contribution in [-0.2, 0) is 0 Å². The van der Waals surface area contributed by atoms with Crippen molar-refractivity contribution in [1.29, 1.82) is 0 Å². The Hall–Kier alpha value is -4.47. The van der Waals surface area contributed by atoms with Gasteiger partial charge in [-0.3, -0.25) is 10.1 Å². The average molecular weight is 568 g/mol. The van der Waals surface area contributed by atoms with Crippen molar-refractivity contribution in [1.82, 2.24) is 34.8 Å². The molecule has 0 aliphatic rings. The van der Waals surface area contributed by atoms with E-state index in [0.29, 0.717) is 25.0 Å². The minimum Gasteiger partial charge on any atom is -0.477 e. The van der Waals surface area contributed by atoms with Gasteiger partial charge in [0.05, 0.1) is 30.3 Å². The van der Waals surface area contributed by atoms with Gasteiger partial charge in [-0.25, -0.2) is 4.68 Å². The summed E-state index contributed by atoms with van der Waals surface area (Å²) in [5.41, 5.74) is 5.18. The van der Waals surface area contributed by atoms with Crippen LogP contribution in [0.1, 0.15) is 12.8 Å². The van der Waals surface area contributed by atoms with E-state index in [1.54, 1.807) is 12.4 Å². The largest absolute Gasteiger partial charge is 0.477 e. The normalized spacial score (nSPS) is 10.9. The number of ether oxygens (including phenoxy) is 2. The number of para-hydroxylation sites is 1. The van der Waals surface area contributed by atoms with Crippen molar-refractivity contribution in [3.63, 3.8) is 0 Å². The van der Waals surface area contributed by atoms with Gasteiger partial charge in [0.1, 0.15) is 0 Å². The standard InChI is InChI=1S/C20H23N3O.C13H18N4O/c1-22(2)14-9-15-24-20-16-19(17-10-5-3-6-11-17)23(21-20)18-12-7-4-8-13-18;1-17(2)8-3-9-18-13-10-12(15-16-13)11-4-6-14-7-5-11/h3-8,10-13,16H,9,14-15H2,1-2H3;4-7,10H,3,8-9H2,1-2H3,(H,15,16). The fourth-order valence-corrected chi connectivity index (χ4v) is 4.18. The van der Waals surface area contributed by atoms with Crippen LogP contribution in [0.2, 0.25) is 0 Å². The first-order chi connectivity index (χ1) is 20.5. The van der Waals surface area contributed by atoms with E-state index in [2.05, 4.69) is 82.5 Å². The fraction of sp³-hybridized carbons (Fsp3) is 0.303. The summed E-state index contributed by atoms with van der Waals surface area (Å²) < 4.78 is 13.4. The SMILES string of the molecule is CN(C)CCCOc1cc(-c2ccccc2)n(-c2ccccc2)n1.CN(C)CCCOc1cc(-c2ccncc2)[nH]n1. The fourth-order valence-electron chi connectivity index (χ4n) is 4.18. The number of hydrogen-bond acceptors (Lipinski definition) is 7. The highest BCUT2D eigenvalue weighted by Gasteiger charge is 2.12. The molecule has 0 aliphatic carbocycles. The molecule has 0 saturated carbocycles. The number of nitrogens with zero attached hydrogens (tertiary/aromatic N) is 6. The molecule has 0 spiro atoms. The highest BCUT2D eigenvalue weighted by Crippen LogP contribution is 2.27. The second kappa shape index (κ2) is 16.1. The first kappa shape index (κ1) is 30.5. The molecule has 5 aromatic rings. The van der Waals surface area contributed by atoms with E-state index < -0.39 is 0 Å². The second-order valence-corrected chi connectivity index (χ2v) is 10.3. The van der Waals surface area contributed by atoms with Crippen molar-refractivity contribution >= 4 is 0 Å². The third-order valence-electron chi connectivity index (χ3n) is 6.30. The Labute approximate surface area is 248 Å². The molecule has 5 rings (SSSR count). The zero-order valence-electron chi connectivity index (χ0n) is 25.0. The van der Waals surface area contributed by atoms with Crippen molar-refractivity contribution < 1.29 is 9.47 Å². The van der Waals surface area contributed by atoms with Crippen LogP contribution in [-0.4, -0.2) is 89.3 Å². The minimum atomic E-state index is 0.639. The first-order valence-electron chi connectivity index (χ1n) is 14.2. The Morgan fingerprint density at radius 3 is 1.90 bits per heavy atom. The molecule has 0 atom stereocenters. The molecule has 2 aromatic carbocycles. The smallest absolute Gasteiger partial charge is 0.233 e. The number of H-pyrrole nitrogens is 1. The molecule has 9 heteroatoms. The van der Waals surface area contributed by atoms with E-state index in [4.69, 9.17) is 9.47 Å². The molecule has 0 saturated heterocycles. The molecule has 3 heterocycles. The number of aromatic nitrogens is 5. The van der Waals surface area contributed by atoms with E-state index in [9.17, 15) is 0 Å². The third-order valence-corrected chi connectivity index (χ3v) is 6.30. The maximum Gasteiger partial charge on any atom is 0.233 e. The van der Waals surface area contributed by atoms with Gasteiger partial charge < -0.3 is 19.3 Å². The maximum atomic E-state index is 5.86. The molecule has 9 nitrogen and oxygen atoms in total. The molecule has 0 radical (unpaired) electrons. The van der Waals surface area contributed by atoms with Crippen molar-refractivity contribution in [3.8, 4) is 40.0 Å². The van der Waals surface area contributed by atoms with E-state index in [0.717, 1.165) is 54.1 Å². The predicted octanol–water partition coefficient (Wildman–Crippen LogP) is 5.67. The third kappa shape index (κ3) is 9.57. The van der Waals surface area contributed by atoms with E-state index in [-0.39, 0.29) is 0 Å². The second-order valence-electron chi connectivity index (χ2n) is 10.3. The molecular weight excluding hydrogens is 526 g/mol. The molecule has 0 amide bonds. The molecule has 1 N–H and O–H groups in total. The zero-order chi connectivity index (χ0) is 29.6. The van der Waals surface area contributed by atoms with E-state index >= 15 is 0 Å². The molecule has 0 aliphatic heterocycles. The number of benzene rings is 2. The summed E-state index contributed by atoms with van der Waals surface area (Å²) in [7, 11) is 8.24. The van der Waals surface area contributed by atoms with Gasteiger partial charge in [-0.1, -0.05) is 48.5 Å². The van der Waals surface area contributed by atoms with Gasteiger partial charge in [-0.15, -0.1) is 10.2 Å². The summed E-state index contributed by atoms with van der Waals surface area (Å²) in [6.45, 7) is 3.36. The van der Waals surface area contributed by atoms with Gasteiger partial charge in [-0.05, 0) is 65.3 Å². The van der Waals surface area contributed by atoms with Crippen LogP contribution in [0.3, 0.4) is 0 Å². The van der Waals surface area contributed by atoms with Gasteiger partial charge in [0.2, 0.25) is 11.8 Å². The molecule has 0 fully saturated rings. The van der Waals surface area contributed by atoms with Crippen molar-refractivity contribution in [3.05, 3.63) is 97.3 Å². The number of hydrogen-bond donors (Lipinski definition) is 1. The Bertz CT molecular complexity index is 1380. The Morgan fingerprint density at radius 2 is 1.29 bits per heavy atom. The number of aromatic amines is 1. The highest BCUT2D eigenvalue weighted by molar-refractivity contribution is 5.63. The number of nitrogens with one attached hydrogen (secondary N) is 1. The topological polar surface area (TPSA) is 84.3 Å². The summed E-state index contributed by atoms with van der Waals surface area (Å²) in [6, 6.07) is 28.2. The molecule has 220 valence electrons. The summed E-state index contributed by atoms with van der Waals surface area (Å²) in [4.78, 5) is 8.27. The Balaban J connectivity index is 0.000000201. The number of pyridine rings is 1. The summed E-state index contributed by atoms with van der Waals surface area (Å²) in [5, 5.41) is 11.7. The van der Waals surface area contributed by atoms with Gasteiger partial charge in [0.15, 0.2) is 0 Å². The lowest BCUT2D eigenvalue weighted by atomic mass is 10.1. The molecule has 42 heavy (non-hydrogen) atoms. The monoisotopic (exact) mass is 567 g/mol. The van der Waals surface area contributed by atoms with Gasteiger partial charge in [0, 0.05) is 48.7 Å². The van der Waals surface area contributed by atoms with Gasteiger partial charge in [-0.2, -0.15) is 0 Å². The summed E-state index contributed by atoms with van der Waals surface area (Å²) >= 11 is 0. The van der Waals surface area contributed by atoms with E-state index in [1.807, 2.05) is 65.3 Å². The lowest BCUT2D eigenvalue weighted by Crippen LogP contribution is -2.15. The summed E-state index contributed by atoms with van der Waals surface area (Å²) in [5.74, 6) is 1.30. The van der Waals surface area contributed by atoms with Crippen LogP contribution in [0.5, 0.6) is 11.8 Å². The van der Waals surface area contributed by atoms with Crippen molar-refractivity contribution in [2.45, 2.75) is 12.8 Å². The Morgan fingerprint density at radius 1 is 0.690 bits per heavy atom. The summed E-state index contributed by atoms with van der Waals surface area (Å²) in [6.07, 6.45) is 5.48. The van der Waals surface area contributed by atoms with E-state index in [1.165, 1.54) is 0 Å². The van der Waals surface area contributed by atoms with Crippen molar-refractivity contribution in [2.24, 2.45) is 0 Å². The zero-order valence-corrected chi connectivity index (χ0v) is 25.0. The van der Waals surface area contributed by atoms with Crippen LogP contribution in [0.15, 0.2) is 97.3 Å². The lowest BCUT2D eigenvalue weighted by Gasteiger charge is -2.08. The van der Waals surface area contributed by atoms with Gasteiger partial charge >= 0.3 is 0 Å². The lowest BCUT2D eigenvalue weighted by molar-refractivity contribution is 0.272. The molecule has 0 bridgehead atoms. The van der Waals surface area contributed by atoms with Crippen LogP contribution in [0.25, 0.3) is 28.2 Å². The predicted molar refractivity (Wildman–Crippen MR) is 168 cm³/mol. The Kier molecular flexibility index (Phi) is 11.7. The van der Waals surface area contributed by atoms with Crippen molar-refractivity contribution in [2.75, 3.05) is 54.5 Å². The molecular formula is C33H41N7O2. The van der Waals surface area contributed by atoms with Crippen LogP contribution >= 0.6 is 0 Å². The maximum absolute atomic E-state index is 5.86. The van der Waals surface area contributed by atoms with Crippen LogP contribution in [0, 0.1) is 0 Å². The number of rotatable bonds is 13. The van der Waals surface area contributed by atoms with Crippen LogP contribution in [0.4, 0.5) is 0 Å². The van der Waals surface area contributed by atoms with Crippen LogP contribution < -0.4 is 9.47 Å². The highest BCUT2D eigenvalue weighted by atomic mass is 16.5. The van der Waals surface area contributed by atoms with Gasteiger partial charge in [0.25, 0.3) is 0 Å². The average Bonchev–Trinajstić information content (AvgIpc) is 3.67. The first-order valence-corrected chi connectivity index (χ1v) is 14.2. The quantitative estimate of drug-likeness (QED) is 0.184. The minimum absolute atomic E-state index is 0.639. The molecule has 0 unspecified atom stereocenters.